The van der Waals surface area contributed by atoms with Crippen LogP contribution in [0.3, 0.4) is 0 Å². The van der Waals surface area contributed by atoms with Crippen LogP contribution in [0, 0.1) is 0 Å². The lowest BCUT2D eigenvalue weighted by molar-refractivity contribution is -0.312. The Morgan fingerprint density at radius 3 is 2.46 bits per heavy atom. The van der Waals surface area contributed by atoms with E-state index in [1.54, 1.807) is 12.1 Å². The molecular formula is C19H14BNO3. The summed E-state index contributed by atoms with van der Waals surface area (Å²) in [6.45, 7) is -1.98. The molecule has 5 heteroatoms. The van der Waals surface area contributed by atoms with Crippen LogP contribution in [0.4, 0.5) is 5.69 Å². The highest BCUT2D eigenvalue weighted by Gasteiger charge is 2.57. The second-order valence-electron chi connectivity index (χ2n) is 6.02. The van der Waals surface area contributed by atoms with E-state index in [0.717, 1.165) is 22.5 Å². The van der Waals surface area contributed by atoms with Crippen LogP contribution in [0.1, 0.15) is 5.56 Å². The van der Waals surface area contributed by atoms with E-state index in [4.69, 9.17) is 9.31 Å². The average molecular weight is 315 g/mol. The molecule has 1 atom stereocenters. The number of nitrogens with zero attached hydrogens (tertiary/aromatic N) is 1. The van der Waals surface area contributed by atoms with Crippen LogP contribution in [-0.2, 0) is 0 Å². The normalized spacial score (nSPS) is 20.1. The summed E-state index contributed by atoms with van der Waals surface area (Å²) in [5.74, 6) is 1.33. The van der Waals surface area contributed by atoms with Gasteiger partial charge in [0, 0.05) is 6.07 Å². The van der Waals surface area contributed by atoms with E-state index in [-0.39, 0.29) is 5.75 Å². The predicted molar refractivity (Wildman–Crippen MR) is 92.7 cm³/mol. The third-order valence-electron chi connectivity index (χ3n) is 4.60. The molecule has 2 aliphatic heterocycles. The number of para-hydroxylation sites is 3. The molecule has 2 heterocycles. The van der Waals surface area contributed by atoms with Crippen LogP contribution in [0.5, 0.6) is 17.2 Å². The van der Waals surface area contributed by atoms with Gasteiger partial charge in [0.05, 0.1) is 5.56 Å². The van der Waals surface area contributed by atoms with Crippen molar-refractivity contribution >= 4 is 24.1 Å². The molecule has 24 heavy (non-hydrogen) atoms. The number of phenols is 1. The van der Waals surface area contributed by atoms with Gasteiger partial charge in [-0.1, -0.05) is 48.5 Å². The molecule has 0 spiro atoms. The van der Waals surface area contributed by atoms with E-state index in [9.17, 15) is 5.11 Å². The summed E-state index contributed by atoms with van der Waals surface area (Å²) in [6, 6.07) is 23.1. The Bertz CT molecular complexity index is 987. The molecule has 0 aliphatic carbocycles. The first kappa shape index (κ1) is 13.3. The topological polar surface area (TPSA) is 41.7 Å². The van der Waals surface area contributed by atoms with E-state index in [2.05, 4.69) is 0 Å². The molecular weight excluding hydrogens is 301 g/mol. The standard InChI is InChI=1S/C19H14BNO3/c22-17-11-6-7-14-13-21-16-10-4-5-12-18(16)23-20(21,24-19(14)17)15-8-2-1-3-9-15/h1-13,22H/t20-/m1/s1. The maximum absolute atomic E-state index is 10.2. The van der Waals surface area contributed by atoms with Crippen molar-refractivity contribution in [1.29, 1.82) is 0 Å². The summed E-state index contributed by atoms with van der Waals surface area (Å²) in [4.78, 5) is 0. The molecule has 0 saturated heterocycles. The van der Waals surface area contributed by atoms with Gasteiger partial charge in [-0.2, -0.15) is 0 Å². The number of hydrogen-bond donors (Lipinski definition) is 1. The van der Waals surface area contributed by atoms with Gasteiger partial charge in [-0.3, -0.25) is 0 Å². The Labute approximate surface area is 139 Å². The molecule has 2 aliphatic rings. The van der Waals surface area contributed by atoms with Crippen molar-refractivity contribution < 1.29 is 18.9 Å². The van der Waals surface area contributed by atoms with Crippen molar-refractivity contribution in [3.63, 3.8) is 0 Å². The summed E-state index contributed by atoms with van der Waals surface area (Å²) in [7, 11) is 0. The first-order chi connectivity index (χ1) is 11.8. The van der Waals surface area contributed by atoms with Crippen molar-refractivity contribution in [1.82, 2.24) is 0 Å². The average Bonchev–Trinajstić information content (AvgIpc) is 2.96. The Hall–Kier alpha value is -3.21. The molecule has 0 amide bonds. The van der Waals surface area contributed by atoms with Crippen molar-refractivity contribution in [3.8, 4) is 17.2 Å². The van der Waals surface area contributed by atoms with Crippen molar-refractivity contribution in [2.75, 3.05) is 0 Å². The van der Waals surface area contributed by atoms with Gasteiger partial charge in [0.15, 0.2) is 11.4 Å². The van der Waals surface area contributed by atoms with Crippen LogP contribution in [-0.4, -0.2) is 22.5 Å². The Balaban J connectivity index is 1.82. The number of benzene rings is 3. The predicted octanol–water partition coefficient (Wildman–Crippen LogP) is 2.79. The zero-order valence-electron chi connectivity index (χ0n) is 12.8. The minimum atomic E-state index is -1.98. The molecule has 116 valence electrons. The fourth-order valence-corrected chi connectivity index (χ4v) is 3.51. The van der Waals surface area contributed by atoms with Crippen molar-refractivity contribution in [2.24, 2.45) is 0 Å². The highest BCUT2D eigenvalue weighted by Crippen LogP contribution is 2.43. The molecule has 1 N–H and O–H groups in total. The summed E-state index contributed by atoms with van der Waals surface area (Å²) in [5, 5.41) is 10.2. The highest BCUT2D eigenvalue weighted by molar-refractivity contribution is 6.77. The maximum Gasteiger partial charge on any atom is 0.685 e. The smallest absolute Gasteiger partial charge is 0.616 e. The van der Waals surface area contributed by atoms with Gasteiger partial charge in [-0.25, -0.2) is 0 Å². The van der Waals surface area contributed by atoms with Gasteiger partial charge in [-0.15, -0.1) is 0 Å². The number of hydrogen-bond acceptors (Lipinski definition) is 3. The van der Waals surface area contributed by atoms with E-state index >= 15 is 0 Å². The molecule has 0 bridgehead atoms. The molecule has 0 fully saturated rings. The summed E-state index contributed by atoms with van der Waals surface area (Å²) in [5.41, 5.74) is 2.69. The quantitative estimate of drug-likeness (QED) is 0.702. The zero-order valence-corrected chi connectivity index (χ0v) is 12.8. The van der Waals surface area contributed by atoms with Gasteiger partial charge in [0.25, 0.3) is 0 Å². The lowest BCUT2D eigenvalue weighted by atomic mass is 9.62. The molecule has 3 aromatic carbocycles. The van der Waals surface area contributed by atoms with E-state index in [1.807, 2.05) is 71.4 Å². The summed E-state index contributed by atoms with van der Waals surface area (Å²) < 4.78 is 14.7. The molecule has 4 nitrogen and oxygen atoms in total. The number of fused-ring (bicyclic) bond motifs is 4. The Kier molecular flexibility index (Phi) is 2.57. The zero-order chi connectivity index (χ0) is 16.1. The van der Waals surface area contributed by atoms with Gasteiger partial charge >= 0.3 is 6.69 Å². The SMILES string of the molecule is Oc1cccc2c1O[B@@-]1(c3ccccc3)Oc3ccccc3[N+]1=C2. The highest BCUT2D eigenvalue weighted by atomic mass is 16.6. The van der Waals surface area contributed by atoms with Crippen LogP contribution in [0.15, 0.2) is 72.8 Å². The third-order valence-corrected chi connectivity index (χ3v) is 4.60. The summed E-state index contributed by atoms with van der Waals surface area (Å²) >= 11 is 0. The Morgan fingerprint density at radius 1 is 0.792 bits per heavy atom. The third kappa shape index (κ3) is 1.66. The van der Waals surface area contributed by atoms with Crippen molar-refractivity contribution in [3.05, 3.63) is 78.4 Å². The lowest BCUT2D eigenvalue weighted by Crippen LogP contribution is -2.65. The number of aromatic hydroxyl groups is 1. The first-order valence-corrected chi connectivity index (χ1v) is 7.90. The van der Waals surface area contributed by atoms with E-state index < -0.39 is 6.69 Å². The van der Waals surface area contributed by atoms with Crippen molar-refractivity contribution in [2.45, 2.75) is 0 Å². The lowest BCUT2D eigenvalue weighted by Gasteiger charge is -2.35. The molecule has 0 saturated carbocycles. The molecule has 0 radical (unpaired) electrons. The second kappa shape index (κ2) is 4.65. The fourth-order valence-electron chi connectivity index (χ4n) is 3.51. The Morgan fingerprint density at radius 2 is 1.58 bits per heavy atom. The number of phenolic OH excluding ortho intramolecular Hbond substituents is 1. The second-order valence-corrected chi connectivity index (χ2v) is 6.02. The maximum atomic E-state index is 10.2. The van der Waals surface area contributed by atoms with Crippen LogP contribution in [0.25, 0.3) is 0 Å². The van der Waals surface area contributed by atoms with Crippen LogP contribution >= 0.6 is 0 Å². The number of rotatable bonds is 1. The van der Waals surface area contributed by atoms with Gasteiger partial charge in [0.1, 0.15) is 17.7 Å². The first-order valence-electron chi connectivity index (χ1n) is 7.90. The molecule has 0 aromatic heterocycles. The van der Waals surface area contributed by atoms with Gasteiger partial charge in [-0.05, 0) is 23.7 Å². The molecule has 0 unspecified atom stereocenters. The van der Waals surface area contributed by atoms with E-state index in [1.165, 1.54) is 0 Å². The summed E-state index contributed by atoms with van der Waals surface area (Å²) in [6.07, 6.45) is 1.98. The minimum absolute atomic E-state index is 0.111. The van der Waals surface area contributed by atoms with E-state index in [0.29, 0.717) is 5.75 Å². The van der Waals surface area contributed by atoms with Crippen LogP contribution in [0.2, 0.25) is 0 Å². The minimum Gasteiger partial charge on any atom is -0.616 e. The largest absolute Gasteiger partial charge is 0.685 e. The molecule has 5 rings (SSSR count). The monoisotopic (exact) mass is 315 g/mol. The molecule has 3 aromatic rings. The van der Waals surface area contributed by atoms with Gasteiger partial charge < -0.3 is 18.9 Å². The van der Waals surface area contributed by atoms with Gasteiger partial charge in [0.2, 0.25) is 0 Å². The fraction of sp³-hybridized carbons (Fsp3) is 0. The van der Waals surface area contributed by atoms with Crippen LogP contribution < -0.4 is 14.8 Å².